The minimum atomic E-state index is -0.338. The summed E-state index contributed by atoms with van der Waals surface area (Å²) >= 11 is 0. The van der Waals surface area contributed by atoms with E-state index in [0.29, 0.717) is 48.8 Å². The van der Waals surface area contributed by atoms with E-state index in [-0.39, 0.29) is 35.4 Å². The Kier molecular flexibility index (Phi) is 8.15. The van der Waals surface area contributed by atoms with Crippen LogP contribution < -0.4 is 5.32 Å². The number of ketones is 1. The summed E-state index contributed by atoms with van der Waals surface area (Å²) in [6, 6.07) is 15.2. The molecule has 0 radical (unpaired) electrons. The van der Waals surface area contributed by atoms with Crippen molar-refractivity contribution in [3.8, 4) is 11.3 Å². The van der Waals surface area contributed by atoms with Crippen LogP contribution in [0.15, 0.2) is 60.8 Å². The average Bonchev–Trinajstić information content (AvgIpc) is 2.89. The van der Waals surface area contributed by atoms with Gasteiger partial charge in [0.2, 0.25) is 5.91 Å². The smallest absolute Gasteiger partial charge is 0.241 e. The average molecular weight is 504 g/mol. The van der Waals surface area contributed by atoms with E-state index >= 15 is 0 Å². The summed E-state index contributed by atoms with van der Waals surface area (Å²) in [6.07, 6.45) is 1.76. The van der Waals surface area contributed by atoms with Crippen LogP contribution in [0.25, 0.3) is 11.3 Å². The van der Waals surface area contributed by atoms with Gasteiger partial charge in [-0.3, -0.25) is 19.5 Å². The van der Waals surface area contributed by atoms with E-state index in [1.54, 1.807) is 42.6 Å². The molecule has 1 amide bonds. The maximum absolute atomic E-state index is 14.1. The first kappa shape index (κ1) is 26.6. The van der Waals surface area contributed by atoms with Gasteiger partial charge in [0.25, 0.3) is 0 Å². The topological polar surface area (TPSA) is 71.5 Å². The minimum absolute atomic E-state index is 0.0855. The Morgan fingerprint density at radius 1 is 1.08 bits per heavy atom. The van der Waals surface area contributed by atoms with Crippen molar-refractivity contribution in [3.05, 3.63) is 83.3 Å². The molecule has 1 aromatic heterocycles. The molecule has 1 aliphatic rings. The van der Waals surface area contributed by atoms with E-state index in [0.717, 1.165) is 11.1 Å². The highest BCUT2D eigenvalue weighted by molar-refractivity contribution is 6.01. The molecular weight excluding hydrogens is 469 g/mol. The zero-order valence-corrected chi connectivity index (χ0v) is 21.9. The monoisotopic (exact) mass is 503 g/mol. The number of morpholine rings is 1. The number of pyridine rings is 1. The molecule has 3 aromatic rings. The van der Waals surface area contributed by atoms with Crippen LogP contribution >= 0.6 is 0 Å². The third kappa shape index (κ3) is 6.48. The Balaban J connectivity index is 1.52. The van der Waals surface area contributed by atoms with Crippen molar-refractivity contribution in [2.75, 3.05) is 31.6 Å². The molecule has 1 atom stereocenters. The van der Waals surface area contributed by atoms with Gasteiger partial charge in [0, 0.05) is 42.5 Å². The fourth-order valence-corrected chi connectivity index (χ4v) is 4.49. The summed E-state index contributed by atoms with van der Waals surface area (Å²) < 4.78 is 19.5. The molecule has 1 aliphatic heterocycles. The van der Waals surface area contributed by atoms with Gasteiger partial charge in [-0.2, -0.15) is 0 Å². The van der Waals surface area contributed by atoms with Crippen molar-refractivity contribution >= 4 is 17.4 Å². The third-order valence-electron chi connectivity index (χ3n) is 6.72. The first-order valence-electron chi connectivity index (χ1n) is 12.6. The number of Topliss-reactive ketones (excluding diaryl/α,β-unsaturated/α-hetero) is 1. The Morgan fingerprint density at radius 2 is 1.81 bits per heavy atom. The molecule has 7 heteroatoms. The summed E-state index contributed by atoms with van der Waals surface area (Å²) in [7, 11) is 0. The second kappa shape index (κ2) is 11.3. The van der Waals surface area contributed by atoms with Crippen LogP contribution in [-0.2, 0) is 21.4 Å². The molecule has 0 bridgehead atoms. The molecule has 37 heavy (non-hydrogen) atoms. The lowest BCUT2D eigenvalue weighted by molar-refractivity contribution is -0.122. The van der Waals surface area contributed by atoms with E-state index in [1.807, 2.05) is 19.1 Å². The number of carbonyl (C=O) groups excluding carboxylic acids is 2. The number of aromatic nitrogens is 1. The largest absolute Gasteiger partial charge is 0.379 e. The first-order chi connectivity index (χ1) is 17.6. The third-order valence-corrected chi connectivity index (χ3v) is 6.72. The number of rotatable bonds is 7. The first-order valence-corrected chi connectivity index (χ1v) is 12.6. The zero-order chi connectivity index (χ0) is 26.6. The van der Waals surface area contributed by atoms with E-state index in [9.17, 15) is 14.0 Å². The number of carbonyl (C=O) groups is 2. The van der Waals surface area contributed by atoms with Gasteiger partial charge in [-0.15, -0.1) is 0 Å². The van der Waals surface area contributed by atoms with Gasteiger partial charge in [0.05, 0.1) is 24.9 Å². The Hall–Kier alpha value is -3.42. The van der Waals surface area contributed by atoms with Gasteiger partial charge in [0.15, 0.2) is 5.78 Å². The fraction of sp³-hybridized carbons (Fsp3) is 0.367. The van der Waals surface area contributed by atoms with Gasteiger partial charge in [-0.05, 0) is 47.7 Å². The van der Waals surface area contributed by atoms with Crippen molar-refractivity contribution < 1.29 is 18.7 Å². The van der Waals surface area contributed by atoms with Gasteiger partial charge in [-0.25, -0.2) is 4.39 Å². The van der Waals surface area contributed by atoms with Crippen LogP contribution in [0, 0.1) is 5.82 Å². The molecule has 0 spiro atoms. The van der Waals surface area contributed by atoms with Crippen molar-refractivity contribution in [2.45, 2.75) is 45.6 Å². The summed E-state index contributed by atoms with van der Waals surface area (Å²) in [5.74, 6) is -0.530. The summed E-state index contributed by atoms with van der Waals surface area (Å²) in [4.78, 5) is 32.8. The highest BCUT2D eigenvalue weighted by Crippen LogP contribution is 2.31. The number of anilines is 1. The number of hydrogen-bond donors (Lipinski definition) is 1. The van der Waals surface area contributed by atoms with Crippen LogP contribution in [0.3, 0.4) is 0 Å². The summed E-state index contributed by atoms with van der Waals surface area (Å²) in [5.41, 5.74) is 3.57. The molecule has 0 aliphatic carbocycles. The van der Waals surface area contributed by atoms with Gasteiger partial charge >= 0.3 is 0 Å². The van der Waals surface area contributed by atoms with Gasteiger partial charge in [0.1, 0.15) is 5.82 Å². The second-order valence-corrected chi connectivity index (χ2v) is 10.5. The van der Waals surface area contributed by atoms with Crippen molar-refractivity contribution in [3.63, 3.8) is 0 Å². The highest BCUT2D eigenvalue weighted by atomic mass is 19.1. The van der Waals surface area contributed by atoms with Gasteiger partial charge < -0.3 is 10.1 Å². The number of nitrogens with one attached hydrogen (secondary N) is 1. The summed E-state index contributed by atoms with van der Waals surface area (Å²) in [6.45, 7) is 10.8. The normalized spacial score (nSPS) is 15.3. The SMILES string of the molecule is CC(C(=O)Nc1cc(C(=O)Cc2ccc(-c3ccccc3F)nc2)ccc1C(C)(C)C)N1CCOCC1. The predicted octanol–water partition coefficient (Wildman–Crippen LogP) is 5.27. The van der Waals surface area contributed by atoms with Crippen molar-refractivity contribution in [2.24, 2.45) is 0 Å². The quantitative estimate of drug-likeness (QED) is 0.445. The van der Waals surface area contributed by atoms with Crippen LogP contribution in [0.1, 0.15) is 49.2 Å². The molecule has 1 N–H and O–H groups in total. The number of ether oxygens (including phenoxy) is 1. The minimum Gasteiger partial charge on any atom is -0.379 e. The summed E-state index contributed by atoms with van der Waals surface area (Å²) in [5, 5.41) is 3.08. The Labute approximate surface area is 217 Å². The number of hydrogen-bond acceptors (Lipinski definition) is 5. The number of amides is 1. The van der Waals surface area contributed by atoms with Crippen LogP contribution in [0.2, 0.25) is 0 Å². The van der Waals surface area contributed by atoms with Crippen LogP contribution in [0.4, 0.5) is 10.1 Å². The maximum Gasteiger partial charge on any atom is 0.241 e. The maximum atomic E-state index is 14.1. The Bertz CT molecular complexity index is 1260. The van der Waals surface area contributed by atoms with E-state index in [1.165, 1.54) is 6.07 Å². The van der Waals surface area contributed by atoms with E-state index < -0.39 is 0 Å². The second-order valence-electron chi connectivity index (χ2n) is 10.5. The molecule has 1 fully saturated rings. The number of halogens is 1. The zero-order valence-electron chi connectivity index (χ0n) is 21.9. The molecule has 194 valence electrons. The lowest BCUT2D eigenvalue weighted by Gasteiger charge is -2.32. The number of nitrogens with zero attached hydrogens (tertiary/aromatic N) is 2. The van der Waals surface area contributed by atoms with Crippen molar-refractivity contribution in [1.29, 1.82) is 0 Å². The molecular formula is C30H34FN3O3. The highest BCUT2D eigenvalue weighted by Gasteiger charge is 2.26. The molecule has 2 heterocycles. The van der Waals surface area contributed by atoms with Crippen molar-refractivity contribution in [1.82, 2.24) is 9.88 Å². The van der Waals surface area contributed by atoms with Crippen LogP contribution in [-0.4, -0.2) is 53.9 Å². The van der Waals surface area contributed by atoms with E-state index in [2.05, 4.69) is 36.0 Å². The lowest BCUT2D eigenvalue weighted by atomic mass is 9.84. The molecule has 4 rings (SSSR count). The fourth-order valence-electron chi connectivity index (χ4n) is 4.49. The van der Waals surface area contributed by atoms with Crippen LogP contribution in [0.5, 0.6) is 0 Å². The molecule has 2 aromatic carbocycles. The van der Waals surface area contributed by atoms with E-state index in [4.69, 9.17) is 4.74 Å². The Morgan fingerprint density at radius 3 is 2.46 bits per heavy atom. The lowest BCUT2D eigenvalue weighted by Crippen LogP contribution is -2.47. The molecule has 6 nitrogen and oxygen atoms in total. The standard InChI is InChI=1S/C30H34FN3O3/c1-20(34-13-15-37-16-14-34)29(36)33-27-18-22(10-11-24(27)30(2,3)4)28(35)17-21-9-12-26(32-19-21)23-7-5-6-8-25(23)31/h5-12,18-20H,13-17H2,1-4H3,(H,33,36). The molecule has 1 unspecified atom stereocenters. The number of benzene rings is 2. The molecule has 0 saturated carbocycles. The molecule has 1 saturated heterocycles. The predicted molar refractivity (Wildman–Crippen MR) is 143 cm³/mol. The van der Waals surface area contributed by atoms with Gasteiger partial charge in [-0.1, -0.05) is 51.1 Å².